The molecule has 0 bridgehead atoms. The third-order valence-corrected chi connectivity index (χ3v) is 13.6. The van der Waals surface area contributed by atoms with Gasteiger partial charge in [0.2, 0.25) is 0 Å². The summed E-state index contributed by atoms with van der Waals surface area (Å²) in [6.07, 6.45) is 0. The largest absolute Gasteiger partial charge is 0.311 e. The van der Waals surface area contributed by atoms with Gasteiger partial charge in [0, 0.05) is 33.5 Å². The monoisotopic (exact) mass is 887 g/mol. The number of hydrogen-bond acceptors (Lipinski definition) is 1. The Morgan fingerprint density at radius 2 is 0.812 bits per heavy atom. The van der Waals surface area contributed by atoms with Crippen molar-refractivity contribution in [2.75, 3.05) is 4.90 Å². The first-order chi connectivity index (χ1) is 38.0. The molecule has 1 aliphatic rings. The number of anilines is 3. The number of rotatable bonds is 9. The lowest BCUT2D eigenvalue weighted by Gasteiger charge is -2.34. The molecule has 0 N–H and O–H groups in total. The zero-order chi connectivity index (χ0) is 53.6. The fourth-order valence-electron chi connectivity index (χ4n) is 10.6. The summed E-state index contributed by atoms with van der Waals surface area (Å²) in [6, 6.07) is 72.6. The van der Waals surface area contributed by atoms with Gasteiger partial charge in [0.1, 0.15) is 0 Å². The normalized spacial score (nSPS) is 14.3. The van der Waals surface area contributed by atoms with Gasteiger partial charge < -0.3 is 9.47 Å². The molecule has 0 radical (unpaired) electrons. The molecule has 1 aromatic heterocycles. The van der Waals surface area contributed by atoms with Crippen molar-refractivity contribution in [1.29, 1.82) is 0 Å². The Balaban J connectivity index is 0.978. The smallest absolute Gasteiger partial charge is 0.0713 e. The molecule has 12 aromatic rings. The Morgan fingerprint density at radius 3 is 1.43 bits per heavy atom. The summed E-state index contributed by atoms with van der Waals surface area (Å²) in [7, 11) is 0. The van der Waals surface area contributed by atoms with Crippen molar-refractivity contribution in [2.45, 2.75) is 5.41 Å². The van der Waals surface area contributed by atoms with Crippen LogP contribution in [0.15, 0.2) is 279 Å². The minimum Gasteiger partial charge on any atom is -0.311 e. The Kier molecular flexibility index (Phi) is 7.72. The zero-order valence-corrected chi connectivity index (χ0v) is 37.3. The molecule has 324 valence electrons. The minimum atomic E-state index is -0.629. The third-order valence-electron chi connectivity index (χ3n) is 13.6. The molecular weight excluding hydrogens is 833 g/mol. The molecule has 0 spiro atoms. The van der Waals surface area contributed by atoms with Crippen LogP contribution in [-0.2, 0) is 5.41 Å². The highest BCUT2D eigenvalue weighted by molar-refractivity contribution is 6.11. The predicted molar refractivity (Wildman–Crippen MR) is 289 cm³/mol. The van der Waals surface area contributed by atoms with Gasteiger partial charge in [-0.3, -0.25) is 0 Å². The number of nitrogens with zero attached hydrogens (tertiary/aromatic N) is 2. The van der Waals surface area contributed by atoms with Crippen molar-refractivity contribution in [3.05, 3.63) is 301 Å². The standard InChI is InChI=1S/C67H46N2/c1-5-17-47(18-6-1)49-29-37-56(38-30-49)68(57-39-31-50(32-40-57)48-19-7-2-8-20-48)58-41-33-51(34-42-58)52-35-43-65-61(45-52)62-46-54(36-44-66(62)69(65)55-23-11-4-12-24-55)67(53-21-9-3-10-22-53)63-27-15-13-25-59(63)60-26-14-16-28-64(60)67/h1-46H/i1D,5D,6D,17D,18D,29D,30D,37D,38D. The molecule has 0 saturated heterocycles. The molecule has 11 aromatic carbocycles. The summed E-state index contributed by atoms with van der Waals surface area (Å²) in [4.78, 5) is 1.69. The fourth-order valence-corrected chi connectivity index (χ4v) is 10.6. The van der Waals surface area contributed by atoms with Gasteiger partial charge in [-0.2, -0.15) is 0 Å². The number of para-hydroxylation sites is 1. The van der Waals surface area contributed by atoms with Crippen molar-refractivity contribution in [1.82, 2.24) is 4.57 Å². The molecule has 0 unspecified atom stereocenters. The lowest BCUT2D eigenvalue weighted by molar-refractivity contribution is 0.770. The van der Waals surface area contributed by atoms with Crippen LogP contribution in [-0.4, -0.2) is 4.57 Å². The topological polar surface area (TPSA) is 8.17 Å². The quantitative estimate of drug-likeness (QED) is 0.140. The van der Waals surface area contributed by atoms with Crippen LogP contribution < -0.4 is 4.90 Å². The summed E-state index contributed by atoms with van der Waals surface area (Å²) in [5.74, 6) is 0. The van der Waals surface area contributed by atoms with Crippen molar-refractivity contribution in [3.63, 3.8) is 0 Å². The van der Waals surface area contributed by atoms with E-state index in [-0.39, 0.29) is 11.3 Å². The van der Waals surface area contributed by atoms with Gasteiger partial charge in [-0.25, -0.2) is 0 Å². The molecule has 2 heteroatoms. The average molecular weight is 888 g/mol. The molecule has 69 heavy (non-hydrogen) atoms. The van der Waals surface area contributed by atoms with Gasteiger partial charge in [0.25, 0.3) is 0 Å². The Labute approximate surface area is 415 Å². The maximum Gasteiger partial charge on any atom is 0.0713 e. The van der Waals surface area contributed by atoms with Gasteiger partial charge >= 0.3 is 0 Å². The molecule has 0 saturated carbocycles. The summed E-state index contributed by atoms with van der Waals surface area (Å²) < 4.78 is 82.2. The summed E-state index contributed by atoms with van der Waals surface area (Å²) in [6.45, 7) is 0. The Bertz CT molecular complexity index is 4250. The van der Waals surface area contributed by atoms with E-state index in [1.807, 2.05) is 84.9 Å². The average Bonchev–Trinajstić information content (AvgIpc) is 3.77. The van der Waals surface area contributed by atoms with Crippen molar-refractivity contribution in [3.8, 4) is 50.2 Å². The Hall–Kier alpha value is -8.98. The highest BCUT2D eigenvalue weighted by Crippen LogP contribution is 2.56. The van der Waals surface area contributed by atoms with Gasteiger partial charge in [0.05, 0.1) is 28.8 Å². The summed E-state index contributed by atoms with van der Waals surface area (Å²) in [5, 5.41) is 2.17. The van der Waals surface area contributed by atoms with Crippen LogP contribution in [0.2, 0.25) is 0 Å². The molecule has 0 amide bonds. The maximum atomic E-state index is 9.52. The van der Waals surface area contributed by atoms with E-state index in [1.165, 1.54) is 27.8 Å². The van der Waals surface area contributed by atoms with E-state index in [9.17, 15) is 5.48 Å². The molecule has 1 heterocycles. The van der Waals surface area contributed by atoms with Crippen LogP contribution in [0, 0.1) is 0 Å². The van der Waals surface area contributed by atoms with Crippen LogP contribution in [0.1, 0.15) is 34.6 Å². The molecule has 0 aliphatic heterocycles. The van der Waals surface area contributed by atoms with Crippen LogP contribution in [0.5, 0.6) is 0 Å². The molecular formula is C67H46N2. The molecule has 1 aliphatic carbocycles. The zero-order valence-electron chi connectivity index (χ0n) is 46.3. The SMILES string of the molecule is [2H]c1c([2H])c([2H])c(-c2c([2H])c([2H])c(N(c3ccc(-c4ccccc4)cc3)c3ccc(-c4ccc5c(c4)c4cc(C6(c7ccccc7)c7ccccc7-c7ccccc76)ccc4n5-c4ccccc4)cc3)c([2H])c2[2H])c([2H])c1[2H]. The van der Waals surface area contributed by atoms with Crippen molar-refractivity contribution >= 4 is 38.9 Å². The van der Waals surface area contributed by atoms with E-state index in [2.05, 4.69) is 144 Å². The van der Waals surface area contributed by atoms with Crippen LogP contribution in [0.25, 0.3) is 72.0 Å². The molecule has 13 rings (SSSR count). The van der Waals surface area contributed by atoms with E-state index < -0.39 is 65.4 Å². The van der Waals surface area contributed by atoms with Gasteiger partial charge in [-0.05, 0) is 140 Å². The van der Waals surface area contributed by atoms with E-state index in [0.29, 0.717) is 11.4 Å². The second-order valence-electron chi connectivity index (χ2n) is 17.4. The highest BCUT2D eigenvalue weighted by atomic mass is 15.1. The fraction of sp³-hybridized carbons (Fsp3) is 0.0149. The second kappa shape index (κ2) is 16.7. The van der Waals surface area contributed by atoms with E-state index in [0.717, 1.165) is 55.3 Å². The first kappa shape index (κ1) is 31.9. The number of benzene rings is 11. The van der Waals surface area contributed by atoms with Crippen molar-refractivity contribution in [2.24, 2.45) is 0 Å². The van der Waals surface area contributed by atoms with Gasteiger partial charge in [-0.15, -0.1) is 0 Å². The minimum absolute atomic E-state index is 0.0620. The Morgan fingerprint density at radius 1 is 0.333 bits per heavy atom. The molecule has 2 nitrogen and oxygen atoms in total. The number of fused-ring (bicyclic) bond motifs is 6. The second-order valence-corrected chi connectivity index (χ2v) is 17.4. The lowest BCUT2D eigenvalue weighted by Crippen LogP contribution is -2.28. The van der Waals surface area contributed by atoms with Gasteiger partial charge in [-0.1, -0.05) is 206 Å². The third kappa shape index (κ3) is 6.72. The number of hydrogen-bond donors (Lipinski definition) is 0. The van der Waals surface area contributed by atoms with Crippen LogP contribution >= 0.6 is 0 Å². The van der Waals surface area contributed by atoms with E-state index >= 15 is 0 Å². The first-order valence-electron chi connectivity index (χ1n) is 27.6. The van der Waals surface area contributed by atoms with Gasteiger partial charge in [0.15, 0.2) is 0 Å². The first-order valence-corrected chi connectivity index (χ1v) is 23.1. The van der Waals surface area contributed by atoms with E-state index in [1.54, 1.807) is 4.90 Å². The van der Waals surface area contributed by atoms with Crippen molar-refractivity contribution < 1.29 is 12.3 Å². The van der Waals surface area contributed by atoms with E-state index in [4.69, 9.17) is 6.85 Å². The molecule has 0 atom stereocenters. The predicted octanol–water partition coefficient (Wildman–Crippen LogP) is 17.6. The highest BCUT2D eigenvalue weighted by Gasteiger charge is 2.46. The molecule has 0 fully saturated rings. The maximum absolute atomic E-state index is 9.52. The van der Waals surface area contributed by atoms with Crippen LogP contribution in [0.4, 0.5) is 17.1 Å². The summed E-state index contributed by atoms with van der Waals surface area (Å²) in [5.41, 5.74) is 13.9. The summed E-state index contributed by atoms with van der Waals surface area (Å²) >= 11 is 0. The number of aromatic nitrogens is 1. The lowest BCUT2D eigenvalue weighted by atomic mass is 9.67. The van der Waals surface area contributed by atoms with Crippen LogP contribution in [0.3, 0.4) is 0 Å².